The highest BCUT2D eigenvalue weighted by Gasteiger charge is 2.32. The van der Waals surface area contributed by atoms with Crippen LogP contribution in [0.5, 0.6) is 0 Å². The van der Waals surface area contributed by atoms with Gasteiger partial charge in [-0.25, -0.2) is 0 Å². The van der Waals surface area contributed by atoms with Crippen molar-refractivity contribution < 1.29 is 4.79 Å². The number of carbonyl (C=O) groups is 1. The van der Waals surface area contributed by atoms with Gasteiger partial charge in [0.25, 0.3) is 0 Å². The molecule has 1 amide bonds. The lowest BCUT2D eigenvalue weighted by Crippen LogP contribution is -2.41. The molecule has 0 spiro atoms. The molecular weight excluding hydrogens is 176 g/mol. The Bertz CT molecular complexity index is 213. The van der Waals surface area contributed by atoms with Gasteiger partial charge in [0.05, 0.1) is 12.7 Å². The molecule has 1 heterocycles. The quantitative estimate of drug-likeness (QED) is 0.736. The molecule has 3 heteroatoms. The van der Waals surface area contributed by atoms with Gasteiger partial charge in [0.2, 0.25) is 5.91 Å². The topological polar surface area (TPSA) is 32.3 Å². The van der Waals surface area contributed by atoms with Gasteiger partial charge in [0.15, 0.2) is 0 Å². The van der Waals surface area contributed by atoms with Crippen molar-refractivity contribution in [2.75, 3.05) is 13.1 Å². The van der Waals surface area contributed by atoms with Gasteiger partial charge < -0.3 is 4.90 Å². The molecule has 1 N–H and O–H groups in total. The summed E-state index contributed by atoms with van der Waals surface area (Å²) in [6.45, 7) is 3.72. The van der Waals surface area contributed by atoms with E-state index in [0.29, 0.717) is 18.6 Å². The second-order valence-corrected chi connectivity index (χ2v) is 4.53. The maximum absolute atomic E-state index is 11.6. The van der Waals surface area contributed by atoms with Crippen molar-refractivity contribution in [3.8, 4) is 0 Å². The second-order valence-electron chi connectivity index (χ2n) is 4.53. The Kier molecular flexibility index (Phi) is 3.06. The van der Waals surface area contributed by atoms with Gasteiger partial charge >= 0.3 is 0 Å². The van der Waals surface area contributed by atoms with E-state index < -0.39 is 0 Å². The maximum Gasteiger partial charge on any atom is 0.237 e. The van der Waals surface area contributed by atoms with Crippen molar-refractivity contribution in [2.45, 2.75) is 45.2 Å². The van der Waals surface area contributed by atoms with Crippen LogP contribution in [0.15, 0.2) is 0 Å². The average molecular weight is 196 g/mol. The van der Waals surface area contributed by atoms with E-state index in [0.717, 1.165) is 25.3 Å². The van der Waals surface area contributed by atoms with Crippen LogP contribution in [-0.4, -0.2) is 30.1 Å². The van der Waals surface area contributed by atoms with Crippen LogP contribution in [0.4, 0.5) is 0 Å². The molecule has 1 unspecified atom stereocenters. The standard InChI is InChI=1S/C11H20N2O/c1-2-4-10-12-7-11(14)13(10)8-9-5-3-6-9/h9-10,12H,2-8H2,1H3. The third kappa shape index (κ3) is 1.92. The van der Waals surface area contributed by atoms with Gasteiger partial charge in [-0.2, -0.15) is 0 Å². The third-order valence-corrected chi connectivity index (χ3v) is 3.43. The highest BCUT2D eigenvalue weighted by atomic mass is 16.2. The molecular formula is C11H20N2O. The molecule has 1 aliphatic heterocycles. The zero-order valence-corrected chi connectivity index (χ0v) is 8.96. The van der Waals surface area contributed by atoms with E-state index in [-0.39, 0.29) is 0 Å². The van der Waals surface area contributed by atoms with Crippen LogP contribution in [0.2, 0.25) is 0 Å². The fourth-order valence-electron chi connectivity index (χ4n) is 2.30. The Labute approximate surface area is 85.8 Å². The number of nitrogens with one attached hydrogen (secondary N) is 1. The minimum absolute atomic E-state index is 0.301. The van der Waals surface area contributed by atoms with Crippen LogP contribution in [0.3, 0.4) is 0 Å². The highest BCUT2D eigenvalue weighted by molar-refractivity contribution is 5.80. The predicted molar refractivity (Wildman–Crippen MR) is 55.8 cm³/mol. The summed E-state index contributed by atoms with van der Waals surface area (Å²) in [5.74, 6) is 1.09. The first-order valence-corrected chi connectivity index (χ1v) is 5.84. The first-order chi connectivity index (χ1) is 6.81. The van der Waals surface area contributed by atoms with Crippen LogP contribution in [0.25, 0.3) is 0 Å². The molecule has 80 valence electrons. The zero-order valence-electron chi connectivity index (χ0n) is 8.96. The molecule has 1 saturated heterocycles. The number of carbonyl (C=O) groups excluding carboxylic acids is 1. The molecule has 0 aromatic rings. The minimum Gasteiger partial charge on any atom is -0.326 e. The van der Waals surface area contributed by atoms with Gasteiger partial charge in [0, 0.05) is 6.54 Å². The van der Waals surface area contributed by atoms with Crippen molar-refractivity contribution in [2.24, 2.45) is 5.92 Å². The van der Waals surface area contributed by atoms with Crippen molar-refractivity contribution in [1.29, 1.82) is 0 Å². The van der Waals surface area contributed by atoms with E-state index in [1.807, 2.05) is 0 Å². The minimum atomic E-state index is 0.301. The first kappa shape index (κ1) is 9.97. The van der Waals surface area contributed by atoms with E-state index in [4.69, 9.17) is 0 Å². The van der Waals surface area contributed by atoms with Crippen LogP contribution < -0.4 is 5.32 Å². The molecule has 0 aromatic heterocycles. The number of nitrogens with zero attached hydrogens (tertiary/aromatic N) is 1. The average Bonchev–Trinajstić information content (AvgIpc) is 2.42. The second kappa shape index (κ2) is 4.30. The normalized spacial score (nSPS) is 28.2. The number of hydrogen-bond acceptors (Lipinski definition) is 2. The molecule has 1 saturated carbocycles. The van der Waals surface area contributed by atoms with Crippen LogP contribution >= 0.6 is 0 Å². The molecule has 0 aromatic carbocycles. The van der Waals surface area contributed by atoms with E-state index in [9.17, 15) is 4.79 Å². The van der Waals surface area contributed by atoms with Crippen molar-refractivity contribution in [3.05, 3.63) is 0 Å². The van der Waals surface area contributed by atoms with Crippen molar-refractivity contribution in [1.82, 2.24) is 10.2 Å². The lowest BCUT2D eigenvalue weighted by Gasteiger charge is -2.33. The number of hydrogen-bond donors (Lipinski definition) is 1. The Morgan fingerprint density at radius 2 is 2.29 bits per heavy atom. The highest BCUT2D eigenvalue weighted by Crippen LogP contribution is 2.28. The third-order valence-electron chi connectivity index (χ3n) is 3.43. The summed E-state index contributed by atoms with van der Waals surface area (Å²) in [6.07, 6.45) is 6.57. The van der Waals surface area contributed by atoms with Crippen molar-refractivity contribution in [3.63, 3.8) is 0 Å². The molecule has 2 aliphatic rings. The Hall–Kier alpha value is -0.570. The molecule has 0 bridgehead atoms. The smallest absolute Gasteiger partial charge is 0.237 e. The Morgan fingerprint density at radius 3 is 2.86 bits per heavy atom. The van der Waals surface area contributed by atoms with Crippen LogP contribution in [0.1, 0.15) is 39.0 Å². The van der Waals surface area contributed by atoms with E-state index in [2.05, 4.69) is 17.1 Å². The predicted octanol–water partition coefficient (Wildman–Crippen LogP) is 1.34. The summed E-state index contributed by atoms with van der Waals surface area (Å²) < 4.78 is 0. The van der Waals surface area contributed by atoms with E-state index in [1.165, 1.54) is 19.3 Å². The summed E-state index contributed by atoms with van der Waals surface area (Å²) in [6, 6.07) is 0. The lowest BCUT2D eigenvalue weighted by atomic mass is 9.85. The fraction of sp³-hybridized carbons (Fsp3) is 0.909. The summed E-state index contributed by atoms with van der Waals surface area (Å²) in [5, 5.41) is 3.29. The molecule has 2 rings (SSSR count). The van der Waals surface area contributed by atoms with Gasteiger partial charge in [-0.15, -0.1) is 0 Å². The zero-order chi connectivity index (χ0) is 9.97. The number of amides is 1. The summed E-state index contributed by atoms with van der Waals surface area (Å²) in [5.41, 5.74) is 0. The Balaban J connectivity index is 1.87. The van der Waals surface area contributed by atoms with Crippen molar-refractivity contribution >= 4 is 5.91 Å². The maximum atomic E-state index is 11.6. The molecule has 3 nitrogen and oxygen atoms in total. The summed E-state index contributed by atoms with van der Waals surface area (Å²) in [4.78, 5) is 13.7. The summed E-state index contributed by atoms with van der Waals surface area (Å²) in [7, 11) is 0. The molecule has 0 radical (unpaired) electrons. The van der Waals surface area contributed by atoms with Gasteiger partial charge in [-0.05, 0) is 25.2 Å². The van der Waals surface area contributed by atoms with Gasteiger partial charge in [-0.3, -0.25) is 10.1 Å². The monoisotopic (exact) mass is 196 g/mol. The molecule has 1 atom stereocenters. The molecule has 2 fully saturated rings. The van der Waals surface area contributed by atoms with E-state index >= 15 is 0 Å². The van der Waals surface area contributed by atoms with E-state index in [1.54, 1.807) is 0 Å². The SMILES string of the molecule is CCCC1NCC(=O)N1CC1CCC1. The van der Waals surface area contributed by atoms with Gasteiger partial charge in [-0.1, -0.05) is 19.8 Å². The lowest BCUT2D eigenvalue weighted by molar-refractivity contribution is -0.129. The largest absolute Gasteiger partial charge is 0.326 e. The first-order valence-electron chi connectivity index (χ1n) is 5.84. The number of rotatable bonds is 4. The summed E-state index contributed by atoms with van der Waals surface area (Å²) >= 11 is 0. The molecule has 14 heavy (non-hydrogen) atoms. The van der Waals surface area contributed by atoms with Crippen LogP contribution in [0, 0.1) is 5.92 Å². The van der Waals surface area contributed by atoms with Gasteiger partial charge in [0.1, 0.15) is 0 Å². The van der Waals surface area contributed by atoms with Crippen LogP contribution in [-0.2, 0) is 4.79 Å². The molecule has 1 aliphatic carbocycles. The fourth-order valence-corrected chi connectivity index (χ4v) is 2.30. The Morgan fingerprint density at radius 1 is 1.50 bits per heavy atom.